The number of carbonyl (C=O) groups is 1. The molecule has 3 rings (SSSR count). The molecule has 0 aliphatic carbocycles. The number of carbonyl (C=O) groups excluding carboxylic acids is 1. The number of nitrogens with one attached hydrogen (secondary N) is 2. The number of thioether (sulfide) groups is 1. The SMILES string of the molecule is CSCCC(NS(=O)(=O)c1ccccc1F)C(=O)NCc1ccc(Cn2cccn2)cc1. The summed E-state index contributed by atoms with van der Waals surface area (Å²) in [6, 6.07) is 13.7. The molecule has 1 atom stereocenters. The minimum absolute atomic E-state index is 0.248. The molecule has 3 aromatic rings. The molecular weight excluding hydrogens is 451 g/mol. The minimum atomic E-state index is -4.18. The van der Waals surface area contributed by atoms with Gasteiger partial charge in [0.2, 0.25) is 15.9 Å². The normalized spacial score (nSPS) is 12.4. The van der Waals surface area contributed by atoms with Crippen LogP contribution in [0.15, 0.2) is 71.9 Å². The largest absolute Gasteiger partial charge is 0.351 e. The summed E-state index contributed by atoms with van der Waals surface area (Å²) in [6.45, 7) is 0.895. The molecule has 1 heterocycles. The number of rotatable bonds is 11. The lowest BCUT2D eigenvalue weighted by molar-refractivity contribution is -0.122. The Hall–Kier alpha value is -2.69. The lowest BCUT2D eigenvalue weighted by atomic mass is 10.1. The van der Waals surface area contributed by atoms with Gasteiger partial charge in [0.25, 0.3) is 0 Å². The standard InChI is InChI=1S/C22H25FN4O3S2/c1-31-14-11-20(26-32(29,30)21-6-3-2-5-19(21)23)22(28)24-15-17-7-9-18(10-8-17)16-27-13-4-12-25-27/h2-10,12-13,20,26H,11,14-16H2,1H3,(H,24,28). The maximum Gasteiger partial charge on any atom is 0.244 e. The Bertz CT molecular complexity index is 1120. The molecule has 0 radical (unpaired) electrons. The summed E-state index contributed by atoms with van der Waals surface area (Å²) in [6.07, 6.45) is 5.75. The van der Waals surface area contributed by atoms with E-state index in [4.69, 9.17) is 0 Å². The molecule has 0 spiro atoms. The second-order valence-electron chi connectivity index (χ2n) is 7.12. The molecule has 0 saturated heterocycles. The molecule has 1 aromatic heterocycles. The van der Waals surface area contributed by atoms with Crippen LogP contribution in [0.5, 0.6) is 0 Å². The monoisotopic (exact) mass is 476 g/mol. The number of benzene rings is 2. The Morgan fingerprint density at radius 2 is 1.84 bits per heavy atom. The van der Waals surface area contributed by atoms with E-state index in [1.165, 1.54) is 30.0 Å². The summed E-state index contributed by atoms with van der Waals surface area (Å²) < 4.78 is 43.4. The van der Waals surface area contributed by atoms with Gasteiger partial charge in [-0.15, -0.1) is 0 Å². The Labute approximate surface area is 191 Å². The maximum atomic E-state index is 14.0. The molecule has 2 N–H and O–H groups in total. The minimum Gasteiger partial charge on any atom is -0.351 e. The molecule has 0 bridgehead atoms. The third-order valence-corrected chi connectivity index (χ3v) is 6.89. The summed E-state index contributed by atoms with van der Waals surface area (Å²) in [5.41, 5.74) is 1.95. The fraction of sp³-hybridized carbons (Fsp3) is 0.273. The number of hydrogen-bond donors (Lipinski definition) is 2. The Kier molecular flexibility index (Phi) is 8.43. The van der Waals surface area contributed by atoms with Crippen molar-refractivity contribution >= 4 is 27.7 Å². The van der Waals surface area contributed by atoms with E-state index in [1.807, 2.05) is 47.5 Å². The van der Waals surface area contributed by atoms with E-state index in [2.05, 4.69) is 15.1 Å². The number of hydrogen-bond acceptors (Lipinski definition) is 5. The van der Waals surface area contributed by atoms with Gasteiger partial charge in [0.15, 0.2) is 0 Å². The summed E-state index contributed by atoms with van der Waals surface area (Å²) in [5, 5.41) is 6.95. The molecule has 0 saturated carbocycles. The molecule has 10 heteroatoms. The molecule has 1 unspecified atom stereocenters. The van der Waals surface area contributed by atoms with Crippen LogP contribution in [0.3, 0.4) is 0 Å². The lowest BCUT2D eigenvalue weighted by Crippen LogP contribution is -2.46. The first-order valence-corrected chi connectivity index (χ1v) is 12.9. The van der Waals surface area contributed by atoms with Crippen molar-refractivity contribution < 1.29 is 17.6 Å². The topological polar surface area (TPSA) is 93.1 Å². The molecule has 0 aliphatic heterocycles. The van der Waals surface area contributed by atoms with Crippen LogP contribution in [-0.4, -0.2) is 42.2 Å². The van der Waals surface area contributed by atoms with E-state index < -0.39 is 32.7 Å². The van der Waals surface area contributed by atoms with Crippen molar-refractivity contribution in [2.45, 2.75) is 30.4 Å². The van der Waals surface area contributed by atoms with Gasteiger partial charge in [-0.2, -0.15) is 21.6 Å². The average Bonchev–Trinajstić information content (AvgIpc) is 3.29. The number of amides is 1. The second kappa shape index (κ2) is 11.3. The highest BCUT2D eigenvalue weighted by molar-refractivity contribution is 7.98. The highest BCUT2D eigenvalue weighted by Gasteiger charge is 2.27. The molecule has 32 heavy (non-hydrogen) atoms. The van der Waals surface area contributed by atoms with Gasteiger partial charge in [-0.05, 0) is 47.8 Å². The van der Waals surface area contributed by atoms with E-state index in [0.717, 1.165) is 17.2 Å². The van der Waals surface area contributed by atoms with Gasteiger partial charge >= 0.3 is 0 Å². The van der Waals surface area contributed by atoms with Crippen LogP contribution in [0.4, 0.5) is 4.39 Å². The van der Waals surface area contributed by atoms with Crippen molar-refractivity contribution in [3.05, 3.63) is 83.9 Å². The van der Waals surface area contributed by atoms with Crippen molar-refractivity contribution in [3.8, 4) is 0 Å². The molecule has 1 amide bonds. The number of nitrogens with zero attached hydrogens (tertiary/aromatic N) is 2. The molecule has 7 nitrogen and oxygen atoms in total. The van der Waals surface area contributed by atoms with Gasteiger partial charge in [-0.3, -0.25) is 9.48 Å². The molecule has 0 fully saturated rings. The van der Waals surface area contributed by atoms with Gasteiger partial charge in [0, 0.05) is 18.9 Å². The highest BCUT2D eigenvalue weighted by atomic mass is 32.2. The van der Waals surface area contributed by atoms with Gasteiger partial charge in [0.1, 0.15) is 16.8 Å². The summed E-state index contributed by atoms with van der Waals surface area (Å²) in [4.78, 5) is 12.3. The van der Waals surface area contributed by atoms with Crippen molar-refractivity contribution in [3.63, 3.8) is 0 Å². The number of aromatic nitrogens is 2. The van der Waals surface area contributed by atoms with Crippen LogP contribution in [0.2, 0.25) is 0 Å². The van der Waals surface area contributed by atoms with Crippen molar-refractivity contribution in [1.82, 2.24) is 19.8 Å². The fourth-order valence-corrected chi connectivity index (χ4v) is 4.83. The first-order valence-electron chi connectivity index (χ1n) is 9.98. The van der Waals surface area contributed by atoms with Crippen molar-refractivity contribution in [1.29, 1.82) is 0 Å². The van der Waals surface area contributed by atoms with E-state index in [9.17, 15) is 17.6 Å². The van der Waals surface area contributed by atoms with Crippen LogP contribution in [0.25, 0.3) is 0 Å². The van der Waals surface area contributed by atoms with Crippen molar-refractivity contribution in [2.75, 3.05) is 12.0 Å². The molecule has 170 valence electrons. The van der Waals surface area contributed by atoms with Crippen LogP contribution in [0.1, 0.15) is 17.5 Å². The Morgan fingerprint density at radius 1 is 1.12 bits per heavy atom. The van der Waals surface area contributed by atoms with Gasteiger partial charge in [-0.1, -0.05) is 36.4 Å². The van der Waals surface area contributed by atoms with Crippen LogP contribution >= 0.6 is 11.8 Å². The second-order valence-corrected chi connectivity index (χ2v) is 9.79. The third kappa shape index (κ3) is 6.65. The van der Waals surface area contributed by atoms with E-state index in [0.29, 0.717) is 12.3 Å². The van der Waals surface area contributed by atoms with Crippen LogP contribution in [0, 0.1) is 5.82 Å². The maximum absolute atomic E-state index is 14.0. The zero-order valence-corrected chi connectivity index (χ0v) is 19.2. The quantitative estimate of drug-likeness (QED) is 0.444. The highest BCUT2D eigenvalue weighted by Crippen LogP contribution is 2.15. The molecule has 2 aromatic carbocycles. The first-order chi connectivity index (χ1) is 15.4. The number of halogens is 1. The smallest absolute Gasteiger partial charge is 0.244 e. The first kappa shape index (κ1) is 24.0. The van der Waals surface area contributed by atoms with Gasteiger partial charge in [-0.25, -0.2) is 12.8 Å². The summed E-state index contributed by atoms with van der Waals surface area (Å²) in [7, 11) is -4.18. The Morgan fingerprint density at radius 3 is 2.50 bits per heavy atom. The van der Waals surface area contributed by atoms with E-state index in [-0.39, 0.29) is 13.0 Å². The van der Waals surface area contributed by atoms with Gasteiger partial charge < -0.3 is 5.32 Å². The summed E-state index contributed by atoms with van der Waals surface area (Å²) in [5.74, 6) is -0.751. The van der Waals surface area contributed by atoms with E-state index in [1.54, 1.807) is 6.20 Å². The van der Waals surface area contributed by atoms with Crippen LogP contribution in [-0.2, 0) is 27.9 Å². The van der Waals surface area contributed by atoms with Gasteiger partial charge in [0.05, 0.1) is 6.54 Å². The third-order valence-electron chi connectivity index (χ3n) is 4.74. The zero-order chi connectivity index (χ0) is 23.0. The predicted octanol–water partition coefficient (Wildman–Crippen LogP) is 2.79. The average molecular weight is 477 g/mol. The van der Waals surface area contributed by atoms with Crippen LogP contribution < -0.4 is 10.0 Å². The number of sulfonamides is 1. The Balaban J connectivity index is 1.62. The molecular formula is C22H25FN4O3S2. The zero-order valence-electron chi connectivity index (χ0n) is 17.6. The summed E-state index contributed by atoms with van der Waals surface area (Å²) >= 11 is 1.49. The lowest BCUT2D eigenvalue weighted by Gasteiger charge is -2.18. The fourth-order valence-electron chi connectivity index (χ4n) is 3.05. The van der Waals surface area contributed by atoms with Crippen molar-refractivity contribution in [2.24, 2.45) is 0 Å². The molecule has 0 aliphatic rings. The van der Waals surface area contributed by atoms with E-state index >= 15 is 0 Å². The predicted molar refractivity (Wildman–Crippen MR) is 123 cm³/mol.